The predicted octanol–water partition coefficient (Wildman–Crippen LogP) is 3.60. The molecule has 0 aliphatic heterocycles. The van der Waals surface area contributed by atoms with Crippen LogP contribution in [0.3, 0.4) is 0 Å². The minimum atomic E-state index is -4.11. The number of aryl methyl sites for hydroxylation is 1. The number of carbonyl (C=O) groups is 1. The average molecular weight is 394 g/mol. The topological polar surface area (TPSA) is 84.2 Å². The van der Waals surface area contributed by atoms with Gasteiger partial charge in [0, 0.05) is 4.47 Å². The third kappa shape index (κ3) is 3.78. The van der Waals surface area contributed by atoms with Crippen molar-refractivity contribution in [2.24, 2.45) is 0 Å². The first-order valence-electron chi connectivity index (χ1n) is 6.50. The van der Waals surface area contributed by atoms with Gasteiger partial charge in [-0.05, 0) is 55.8 Å². The predicted molar refractivity (Wildman–Crippen MR) is 87.9 cm³/mol. The molecule has 0 N–H and O–H groups in total. The molecule has 0 atom stereocenters. The van der Waals surface area contributed by atoms with E-state index < -0.39 is 10.1 Å². The van der Waals surface area contributed by atoms with Gasteiger partial charge < -0.3 is 4.18 Å². The maximum Gasteiger partial charge on any atom is 0.339 e. The van der Waals surface area contributed by atoms with E-state index >= 15 is 0 Å². The number of rotatable bonds is 4. The lowest BCUT2D eigenvalue weighted by atomic mass is 10.1. The second-order valence-electron chi connectivity index (χ2n) is 4.83. The van der Waals surface area contributed by atoms with Gasteiger partial charge in [0.1, 0.15) is 4.90 Å². The molecule has 0 saturated heterocycles. The lowest BCUT2D eigenvalue weighted by Gasteiger charge is -2.12. The molecule has 0 spiro atoms. The standard InChI is InChI=1S/C16H12BrNO4S/c1-10-7-12(9-18)3-6-16(10)23(20,21)22-15-5-4-13(17)8-14(15)11(2)19/h3-8H,1-2H3. The van der Waals surface area contributed by atoms with E-state index in [9.17, 15) is 13.2 Å². The highest BCUT2D eigenvalue weighted by molar-refractivity contribution is 9.10. The summed E-state index contributed by atoms with van der Waals surface area (Å²) in [6.45, 7) is 2.90. The average Bonchev–Trinajstić information content (AvgIpc) is 2.48. The molecule has 0 fully saturated rings. The second-order valence-corrected chi connectivity index (χ2v) is 7.26. The Kier molecular flexibility index (Phi) is 4.88. The zero-order valence-corrected chi connectivity index (χ0v) is 14.7. The Hall–Kier alpha value is -2.17. The van der Waals surface area contributed by atoms with E-state index in [-0.39, 0.29) is 22.0 Å². The number of halogens is 1. The van der Waals surface area contributed by atoms with Gasteiger partial charge in [0.05, 0.1) is 17.2 Å². The fraction of sp³-hybridized carbons (Fsp3) is 0.125. The van der Waals surface area contributed by atoms with Crippen LogP contribution in [0.1, 0.15) is 28.4 Å². The molecule has 0 heterocycles. The van der Waals surface area contributed by atoms with E-state index in [0.717, 1.165) is 0 Å². The maximum atomic E-state index is 12.5. The number of nitrogens with zero attached hydrogens (tertiary/aromatic N) is 1. The summed E-state index contributed by atoms with van der Waals surface area (Å²) in [7, 11) is -4.11. The molecule has 5 nitrogen and oxygen atoms in total. The smallest absolute Gasteiger partial charge is 0.339 e. The molecular formula is C16H12BrNO4S. The van der Waals surface area contributed by atoms with Crippen LogP contribution in [0.2, 0.25) is 0 Å². The lowest BCUT2D eigenvalue weighted by molar-refractivity contribution is 0.101. The third-order valence-corrected chi connectivity index (χ3v) is 4.98. The van der Waals surface area contributed by atoms with Crippen LogP contribution in [0.4, 0.5) is 0 Å². The zero-order chi connectivity index (χ0) is 17.2. The first-order chi connectivity index (χ1) is 10.7. The zero-order valence-electron chi connectivity index (χ0n) is 12.3. The van der Waals surface area contributed by atoms with Crippen molar-refractivity contribution >= 4 is 31.8 Å². The van der Waals surface area contributed by atoms with Crippen LogP contribution in [-0.2, 0) is 10.1 Å². The van der Waals surface area contributed by atoms with Gasteiger partial charge in [0.15, 0.2) is 11.5 Å². The van der Waals surface area contributed by atoms with Gasteiger partial charge in [-0.25, -0.2) is 0 Å². The lowest BCUT2D eigenvalue weighted by Crippen LogP contribution is -2.13. The summed E-state index contributed by atoms with van der Waals surface area (Å²) in [5.41, 5.74) is 0.911. The third-order valence-electron chi connectivity index (χ3n) is 3.09. The molecule has 0 saturated carbocycles. The number of carbonyl (C=O) groups excluding carboxylic acids is 1. The van der Waals surface area contributed by atoms with Crippen molar-refractivity contribution in [2.45, 2.75) is 18.7 Å². The van der Waals surface area contributed by atoms with Gasteiger partial charge in [-0.3, -0.25) is 4.79 Å². The summed E-state index contributed by atoms with van der Waals surface area (Å²) in [6.07, 6.45) is 0. The second kappa shape index (κ2) is 6.52. The first-order valence-corrected chi connectivity index (χ1v) is 8.70. The van der Waals surface area contributed by atoms with Gasteiger partial charge in [-0.15, -0.1) is 0 Å². The monoisotopic (exact) mass is 393 g/mol. The van der Waals surface area contributed by atoms with E-state index in [1.54, 1.807) is 13.0 Å². The molecule has 118 valence electrons. The van der Waals surface area contributed by atoms with E-state index in [1.807, 2.05) is 6.07 Å². The molecule has 7 heteroatoms. The fourth-order valence-electron chi connectivity index (χ4n) is 2.01. The van der Waals surface area contributed by atoms with Crippen molar-refractivity contribution in [3.05, 3.63) is 57.6 Å². The largest absolute Gasteiger partial charge is 0.378 e. The van der Waals surface area contributed by atoms with Crippen LogP contribution in [0.15, 0.2) is 45.8 Å². The van der Waals surface area contributed by atoms with Gasteiger partial charge in [0.25, 0.3) is 0 Å². The molecule has 2 aromatic carbocycles. The summed E-state index contributed by atoms with van der Waals surface area (Å²) in [5.74, 6) is -0.350. The molecular weight excluding hydrogens is 382 g/mol. The Morgan fingerprint density at radius 3 is 2.48 bits per heavy atom. The first kappa shape index (κ1) is 17.2. The van der Waals surface area contributed by atoms with Crippen molar-refractivity contribution in [2.75, 3.05) is 0 Å². The minimum Gasteiger partial charge on any atom is -0.378 e. The quantitative estimate of drug-likeness (QED) is 0.585. The van der Waals surface area contributed by atoms with Crippen LogP contribution in [0.25, 0.3) is 0 Å². The molecule has 0 unspecified atom stereocenters. The molecule has 2 aromatic rings. The Labute approximate surface area is 142 Å². The molecule has 0 aliphatic rings. The van der Waals surface area contributed by atoms with E-state index in [1.165, 1.54) is 37.3 Å². The highest BCUT2D eigenvalue weighted by Gasteiger charge is 2.22. The maximum absolute atomic E-state index is 12.5. The summed E-state index contributed by atoms with van der Waals surface area (Å²) >= 11 is 3.23. The number of nitriles is 1. The number of Topliss-reactive ketones (excluding diaryl/α,β-unsaturated/α-hetero) is 1. The van der Waals surface area contributed by atoms with Crippen molar-refractivity contribution in [3.8, 4) is 11.8 Å². The molecule has 0 aliphatic carbocycles. The van der Waals surface area contributed by atoms with Crippen LogP contribution in [-0.4, -0.2) is 14.2 Å². The summed E-state index contributed by atoms with van der Waals surface area (Å²) in [4.78, 5) is 11.6. The number of benzene rings is 2. The Bertz CT molecular complexity index is 930. The highest BCUT2D eigenvalue weighted by Crippen LogP contribution is 2.28. The molecule has 0 bridgehead atoms. The van der Waals surface area contributed by atoms with Gasteiger partial charge in [-0.2, -0.15) is 13.7 Å². The van der Waals surface area contributed by atoms with Crippen molar-refractivity contribution < 1.29 is 17.4 Å². The molecule has 2 rings (SSSR count). The summed E-state index contributed by atoms with van der Waals surface area (Å²) < 4.78 is 30.7. The normalized spacial score (nSPS) is 10.9. The Morgan fingerprint density at radius 1 is 1.22 bits per heavy atom. The fourth-order valence-corrected chi connectivity index (χ4v) is 3.53. The van der Waals surface area contributed by atoms with Gasteiger partial charge in [0.2, 0.25) is 0 Å². The molecule has 0 amide bonds. The van der Waals surface area contributed by atoms with E-state index in [0.29, 0.717) is 15.6 Å². The Morgan fingerprint density at radius 2 is 1.91 bits per heavy atom. The highest BCUT2D eigenvalue weighted by atomic mass is 79.9. The number of hydrogen-bond acceptors (Lipinski definition) is 5. The van der Waals surface area contributed by atoms with Crippen LogP contribution in [0.5, 0.6) is 5.75 Å². The molecule has 0 radical (unpaired) electrons. The number of hydrogen-bond donors (Lipinski definition) is 0. The molecule has 23 heavy (non-hydrogen) atoms. The number of ketones is 1. The van der Waals surface area contributed by atoms with E-state index in [4.69, 9.17) is 9.44 Å². The Balaban J connectivity index is 2.48. The van der Waals surface area contributed by atoms with Crippen molar-refractivity contribution in [3.63, 3.8) is 0 Å². The van der Waals surface area contributed by atoms with Crippen molar-refractivity contribution in [1.82, 2.24) is 0 Å². The molecule has 0 aromatic heterocycles. The van der Waals surface area contributed by atoms with Gasteiger partial charge >= 0.3 is 10.1 Å². The van der Waals surface area contributed by atoms with Crippen molar-refractivity contribution in [1.29, 1.82) is 5.26 Å². The van der Waals surface area contributed by atoms with E-state index in [2.05, 4.69) is 15.9 Å². The minimum absolute atomic E-state index is 0.0375. The van der Waals surface area contributed by atoms with Crippen LogP contribution >= 0.6 is 15.9 Å². The summed E-state index contributed by atoms with van der Waals surface area (Å²) in [5, 5.41) is 8.84. The van der Waals surface area contributed by atoms with Crippen LogP contribution < -0.4 is 4.18 Å². The van der Waals surface area contributed by atoms with Crippen LogP contribution in [0, 0.1) is 18.3 Å². The summed E-state index contributed by atoms with van der Waals surface area (Å²) in [6, 6.07) is 10.6. The van der Waals surface area contributed by atoms with Gasteiger partial charge in [-0.1, -0.05) is 15.9 Å². The SMILES string of the molecule is CC(=O)c1cc(Br)ccc1OS(=O)(=O)c1ccc(C#N)cc1C.